The van der Waals surface area contributed by atoms with Gasteiger partial charge in [0.25, 0.3) is 6.26 Å². The van der Waals surface area contributed by atoms with Gasteiger partial charge in [-0.05, 0) is 6.08 Å². The van der Waals surface area contributed by atoms with Gasteiger partial charge in [-0.3, -0.25) is 0 Å². The summed E-state index contributed by atoms with van der Waals surface area (Å²) in [5.74, 6) is 0.242. The third kappa shape index (κ3) is 0.961. The van der Waals surface area contributed by atoms with Crippen molar-refractivity contribution in [3.05, 3.63) is 24.2 Å². The first-order chi connectivity index (χ1) is 3.39. The second kappa shape index (κ2) is 1.69. The molecule has 0 radical (unpaired) electrons. The van der Waals surface area contributed by atoms with Gasteiger partial charge in [0.15, 0.2) is 6.61 Å². The Morgan fingerprint density at radius 1 is 1.71 bits per heavy atom. The van der Waals surface area contributed by atoms with E-state index in [4.69, 9.17) is 5.11 Å². The van der Waals surface area contributed by atoms with Crippen LogP contribution in [0.5, 0.6) is 0 Å². The van der Waals surface area contributed by atoms with E-state index in [1.807, 2.05) is 0 Å². The van der Waals surface area contributed by atoms with E-state index in [0.29, 0.717) is 6.61 Å². The Kier molecular flexibility index (Phi) is 1.02. The van der Waals surface area contributed by atoms with Gasteiger partial charge < -0.3 is 9.84 Å². The van der Waals surface area contributed by atoms with Gasteiger partial charge in [0.2, 0.25) is 5.76 Å². The van der Waals surface area contributed by atoms with Crippen molar-refractivity contribution in [2.45, 2.75) is 0 Å². The maximum absolute atomic E-state index is 8.59. The molecule has 0 spiro atoms. The highest BCUT2D eigenvalue weighted by molar-refractivity contribution is 5.09. The van der Waals surface area contributed by atoms with Crippen molar-refractivity contribution in [3.63, 3.8) is 0 Å². The SMILES string of the molecule is OC1=C[OH+]CC=C1. The molecule has 0 fully saturated rings. The molecule has 0 atom stereocenters. The Hall–Kier alpha value is -0.920. The number of hydrogen-bond donors (Lipinski definition) is 1. The highest BCUT2D eigenvalue weighted by Crippen LogP contribution is 1.94. The first-order valence-electron chi connectivity index (χ1n) is 2.12. The molecule has 1 rings (SSSR count). The lowest BCUT2D eigenvalue weighted by Gasteiger charge is -1.97. The van der Waals surface area contributed by atoms with Crippen LogP contribution in [0.1, 0.15) is 0 Å². The minimum atomic E-state index is 0.242. The number of rotatable bonds is 0. The van der Waals surface area contributed by atoms with E-state index in [2.05, 4.69) is 4.74 Å². The first kappa shape index (κ1) is 4.24. The Morgan fingerprint density at radius 3 is 2.86 bits per heavy atom. The fourth-order valence-electron chi connectivity index (χ4n) is 0.424. The Balaban J connectivity index is 2.58. The predicted octanol–water partition coefficient (Wildman–Crippen LogP) is 0.484. The van der Waals surface area contributed by atoms with Crippen LogP contribution in [0.4, 0.5) is 0 Å². The van der Waals surface area contributed by atoms with Crippen LogP contribution >= 0.6 is 0 Å². The van der Waals surface area contributed by atoms with Gasteiger partial charge in [-0.2, -0.15) is 0 Å². The Bertz CT molecular complexity index is 113. The summed E-state index contributed by atoms with van der Waals surface area (Å²) in [5.41, 5.74) is 0. The summed E-state index contributed by atoms with van der Waals surface area (Å²) >= 11 is 0. The van der Waals surface area contributed by atoms with Crippen LogP contribution in [0.25, 0.3) is 0 Å². The zero-order chi connectivity index (χ0) is 5.11. The highest BCUT2D eigenvalue weighted by atomic mass is 16.5. The van der Waals surface area contributed by atoms with Crippen LogP contribution in [-0.4, -0.2) is 16.5 Å². The van der Waals surface area contributed by atoms with Crippen molar-refractivity contribution in [1.29, 1.82) is 0 Å². The van der Waals surface area contributed by atoms with Crippen molar-refractivity contribution in [3.8, 4) is 0 Å². The van der Waals surface area contributed by atoms with Crippen LogP contribution in [0.3, 0.4) is 0 Å². The molecule has 0 saturated heterocycles. The fourth-order valence-corrected chi connectivity index (χ4v) is 0.424. The molecule has 2 heteroatoms. The second-order valence-electron chi connectivity index (χ2n) is 1.32. The molecule has 0 aromatic heterocycles. The number of ether oxygens (including phenoxy) is 1. The van der Waals surface area contributed by atoms with E-state index in [1.165, 1.54) is 6.26 Å². The van der Waals surface area contributed by atoms with E-state index in [9.17, 15) is 0 Å². The largest absolute Gasteiger partial charge is 0.582 e. The molecule has 1 heterocycles. The smallest absolute Gasteiger partial charge is 0.260 e. The van der Waals surface area contributed by atoms with E-state index in [-0.39, 0.29) is 5.76 Å². The number of allylic oxidation sites excluding steroid dienone is 1. The fraction of sp³-hybridized carbons (Fsp3) is 0.200. The molecule has 0 aliphatic carbocycles. The van der Waals surface area contributed by atoms with E-state index >= 15 is 0 Å². The average Bonchev–Trinajstić information content (AvgIpc) is 1.69. The van der Waals surface area contributed by atoms with Crippen LogP contribution in [0.15, 0.2) is 24.2 Å². The maximum Gasteiger partial charge on any atom is 0.260 e. The molecule has 0 unspecified atom stereocenters. The van der Waals surface area contributed by atoms with Crippen LogP contribution in [0, 0.1) is 0 Å². The molecular weight excluding hydrogens is 92.1 g/mol. The minimum Gasteiger partial charge on any atom is -0.582 e. The summed E-state index contributed by atoms with van der Waals surface area (Å²) in [5, 5.41) is 8.59. The summed E-state index contributed by atoms with van der Waals surface area (Å²) in [6.07, 6.45) is 4.88. The van der Waals surface area contributed by atoms with Crippen LogP contribution in [-0.2, 0) is 0 Å². The second-order valence-corrected chi connectivity index (χ2v) is 1.32. The summed E-state index contributed by atoms with van der Waals surface area (Å²) in [6, 6.07) is 0. The maximum atomic E-state index is 8.59. The molecule has 1 aliphatic heterocycles. The van der Waals surface area contributed by atoms with Gasteiger partial charge in [0.05, 0.1) is 0 Å². The molecule has 0 aromatic carbocycles. The van der Waals surface area contributed by atoms with Crippen molar-refractivity contribution < 1.29 is 9.84 Å². The number of hydrogen-bond acceptors (Lipinski definition) is 1. The van der Waals surface area contributed by atoms with Crippen molar-refractivity contribution in [2.24, 2.45) is 0 Å². The standard InChI is InChI=1S/C5H6O2/c6-5-2-1-3-7-4-5/h1-2,4,6H,3H2/p+1. The summed E-state index contributed by atoms with van der Waals surface area (Å²) in [4.78, 5) is 0. The topological polar surface area (TPSA) is 33.0 Å². The van der Waals surface area contributed by atoms with Gasteiger partial charge in [-0.1, -0.05) is 0 Å². The molecule has 1 aliphatic rings. The molecule has 0 bridgehead atoms. The molecule has 2 N–H and O–H groups in total. The molecule has 2 nitrogen and oxygen atoms in total. The van der Waals surface area contributed by atoms with Gasteiger partial charge in [-0.25, -0.2) is 0 Å². The van der Waals surface area contributed by atoms with Crippen LogP contribution in [0.2, 0.25) is 0 Å². The third-order valence-electron chi connectivity index (χ3n) is 0.723. The minimum absolute atomic E-state index is 0.242. The first-order valence-corrected chi connectivity index (χ1v) is 2.12. The van der Waals surface area contributed by atoms with Crippen molar-refractivity contribution in [1.82, 2.24) is 0 Å². The predicted molar refractivity (Wildman–Crippen MR) is 26.9 cm³/mol. The number of aliphatic hydroxyl groups excluding tert-OH is 1. The molecule has 0 aromatic rings. The van der Waals surface area contributed by atoms with Crippen LogP contribution < -0.4 is 0 Å². The zero-order valence-corrected chi connectivity index (χ0v) is 3.83. The normalized spacial score (nSPS) is 18.0. The van der Waals surface area contributed by atoms with E-state index < -0.39 is 0 Å². The lowest BCUT2D eigenvalue weighted by atomic mass is 10.4. The molecule has 38 valence electrons. The molecule has 0 amide bonds. The Morgan fingerprint density at radius 2 is 2.57 bits per heavy atom. The van der Waals surface area contributed by atoms with E-state index in [1.54, 1.807) is 12.2 Å². The molecule has 0 saturated carbocycles. The average molecular weight is 99.1 g/mol. The monoisotopic (exact) mass is 99.0 g/mol. The van der Waals surface area contributed by atoms with Gasteiger partial charge in [0, 0.05) is 6.08 Å². The quantitative estimate of drug-likeness (QED) is 0.440. The van der Waals surface area contributed by atoms with Gasteiger partial charge >= 0.3 is 0 Å². The molecular formula is C5H7O2+. The van der Waals surface area contributed by atoms with Gasteiger partial charge in [0.1, 0.15) is 0 Å². The lowest BCUT2D eigenvalue weighted by molar-refractivity contribution is 0.0784. The summed E-state index contributed by atoms with van der Waals surface area (Å²) in [6.45, 7) is 0.698. The lowest BCUT2D eigenvalue weighted by Crippen LogP contribution is -1.94. The number of aliphatic hydroxyl groups is 3. The summed E-state index contributed by atoms with van der Waals surface area (Å²) < 4.78 is 3.76. The zero-order valence-electron chi connectivity index (χ0n) is 3.83. The third-order valence-corrected chi connectivity index (χ3v) is 0.723. The van der Waals surface area contributed by atoms with Gasteiger partial charge in [-0.15, -0.1) is 0 Å². The van der Waals surface area contributed by atoms with Crippen molar-refractivity contribution in [2.75, 3.05) is 6.61 Å². The van der Waals surface area contributed by atoms with E-state index in [0.717, 1.165) is 0 Å². The highest BCUT2D eigenvalue weighted by Gasteiger charge is 1.93. The van der Waals surface area contributed by atoms with Crippen molar-refractivity contribution >= 4 is 0 Å². The molecule has 7 heavy (non-hydrogen) atoms. The Labute approximate surface area is 41.7 Å². The summed E-state index contributed by atoms with van der Waals surface area (Å²) in [7, 11) is 0.